The third kappa shape index (κ3) is 6.12. The number of carbonyl (C=O) groups is 2. The van der Waals surface area contributed by atoms with Crippen LogP contribution in [0.2, 0.25) is 5.02 Å². The highest BCUT2D eigenvalue weighted by atomic mass is 35.5. The summed E-state index contributed by atoms with van der Waals surface area (Å²) in [5, 5.41) is 6.19. The minimum absolute atomic E-state index is 0.00217. The number of nitrogens with one attached hydrogen (secondary N) is 2. The third-order valence-electron chi connectivity index (χ3n) is 4.43. The minimum atomic E-state index is -0.115. The van der Waals surface area contributed by atoms with Crippen LogP contribution in [0.25, 0.3) is 0 Å². The van der Waals surface area contributed by atoms with Gasteiger partial charge in [0.15, 0.2) is 11.5 Å². The molecule has 29 heavy (non-hydrogen) atoms. The lowest BCUT2D eigenvalue weighted by Crippen LogP contribution is -2.24. The number of benzene rings is 2. The van der Waals surface area contributed by atoms with Crippen LogP contribution in [0.15, 0.2) is 36.4 Å². The normalized spacial score (nSPS) is 12.8. The smallest absolute Gasteiger partial charge is 0.224 e. The fraction of sp³-hybridized carbons (Fsp3) is 0.364. The first-order valence-electron chi connectivity index (χ1n) is 9.78. The second kappa shape index (κ2) is 10.2. The topological polar surface area (TPSA) is 76.7 Å². The molecule has 0 atom stereocenters. The van der Waals surface area contributed by atoms with E-state index in [0.29, 0.717) is 42.7 Å². The van der Waals surface area contributed by atoms with Gasteiger partial charge in [-0.05, 0) is 41.8 Å². The Morgan fingerprint density at radius 1 is 1.03 bits per heavy atom. The van der Waals surface area contributed by atoms with E-state index in [0.717, 1.165) is 29.7 Å². The summed E-state index contributed by atoms with van der Waals surface area (Å²) < 4.78 is 11.3. The van der Waals surface area contributed by atoms with Crippen LogP contribution < -0.4 is 20.1 Å². The van der Waals surface area contributed by atoms with E-state index in [1.165, 1.54) is 0 Å². The summed E-state index contributed by atoms with van der Waals surface area (Å²) in [5.74, 6) is 1.01. The van der Waals surface area contributed by atoms with Crippen molar-refractivity contribution in [2.75, 3.05) is 18.5 Å². The van der Waals surface area contributed by atoms with Gasteiger partial charge in [0.1, 0.15) is 0 Å². The predicted octanol–water partition coefficient (Wildman–Crippen LogP) is 4.10. The second-order valence-electron chi connectivity index (χ2n) is 6.90. The molecule has 0 saturated carbocycles. The molecule has 2 amide bonds. The monoisotopic (exact) mass is 416 g/mol. The Bertz CT molecular complexity index is 868. The standard InChI is InChI=1S/C22H25ClN2O4/c1-2-4-20(26)25-17-7-5-15(6-8-17)14-24-21(27)13-16-11-18(23)22-19(12-16)28-9-3-10-29-22/h5-8,11-12H,2-4,9-10,13-14H2,1H3,(H,24,27)(H,25,26). The lowest BCUT2D eigenvalue weighted by molar-refractivity contribution is -0.120. The molecular weight excluding hydrogens is 392 g/mol. The minimum Gasteiger partial charge on any atom is -0.489 e. The molecule has 0 fully saturated rings. The van der Waals surface area contributed by atoms with Gasteiger partial charge in [0.25, 0.3) is 0 Å². The van der Waals surface area contributed by atoms with E-state index in [1.807, 2.05) is 31.2 Å². The van der Waals surface area contributed by atoms with Gasteiger partial charge in [-0.2, -0.15) is 0 Å². The number of carbonyl (C=O) groups excluding carboxylic acids is 2. The average Bonchev–Trinajstić information content (AvgIpc) is 2.93. The number of hydrogen-bond donors (Lipinski definition) is 2. The molecule has 1 heterocycles. The Balaban J connectivity index is 1.53. The van der Waals surface area contributed by atoms with E-state index in [-0.39, 0.29) is 18.2 Å². The summed E-state index contributed by atoms with van der Waals surface area (Å²) in [6, 6.07) is 11.0. The zero-order valence-electron chi connectivity index (χ0n) is 16.4. The lowest BCUT2D eigenvalue weighted by atomic mass is 10.1. The van der Waals surface area contributed by atoms with Crippen molar-refractivity contribution in [3.8, 4) is 11.5 Å². The molecular formula is C22H25ClN2O4. The van der Waals surface area contributed by atoms with Crippen LogP contribution in [0, 0.1) is 0 Å². The molecule has 2 aromatic carbocycles. The van der Waals surface area contributed by atoms with Crippen molar-refractivity contribution in [2.24, 2.45) is 0 Å². The molecule has 1 aliphatic rings. The maximum absolute atomic E-state index is 12.3. The molecule has 0 spiro atoms. The molecule has 0 bridgehead atoms. The molecule has 2 aromatic rings. The molecule has 6 nitrogen and oxygen atoms in total. The Hall–Kier alpha value is -2.73. The fourth-order valence-electron chi connectivity index (χ4n) is 2.99. The predicted molar refractivity (Wildman–Crippen MR) is 113 cm³/mol. The van der Waals surface area contributed by atoms with Crippen molar-refractivity contribution < 1.29 is 19.1 Å². The first-order chi connectivity index (χ1) is 14.0. The van der Waals surface area contributed by atoms with Gasteiger partial charge in [-0.1, -0.05) is 30.7 Å². The SMILES string of the molecule is CCCC(=O)Nc1ccc(CNC(=O)Cc2cc(Cl)c3c(c2)OCCCO3)cc1. The quantitative estimate of drug-likeness (QED) is 0.712. The van der Waals surface area contributed by atoms with Crippen molar-refractivity contribution in [3.05, 3.63) is 52.5 Å². The van der Waals surface area contributed by atoms with E-state index in [2.05, 4.69) is 10.6 Å². The fourth-order valence-corrected chi connectivity index (χ4v) is 3.28. The van der Waals surface area contributed by atoms with Crippen LogP contribution in [0.4, 0.5) is 5.69 Å². The van der Waals surface area contributed by atoms with Crippen molar-refractivity contribution in [1.29, 1.82) is 0 Å². The maximum Gasteiger partial charge on any atom is 0.224 e. The summed E-state index contributed by atoms with van der Waals surface area (Å²) in [6.45, 7) is 3.49. The van der Waals surface area contributed by atoms with Crippen LogP contribution in [-0.4, -0.2) is 25.0 Å². The highest BCUT2D eigenvalue weighted by Crippen LogP contribution is 2.38. The number of fused-ring (bicyclic) bond motifs is 1. The highest BCUT2D eigenvalue weighted by molar-refractivity contribution is 6.32. The molecule has 154 valence electrons. The van der Waals surface area contributed by atoms with Gasteiger partial charge in [-0.15, -0.1) is 0 Å². The van der Waals surface area contributed by atoms with E-state index in [4.69, 9.17) is 21.1 Å². The highest BCUT2D eigenvalue weighted by Gasteiger charge is 2.16. The van der Waals surface area contributed by atoms with Crippen LogP contribution in [0.5, 0.6) is 11.5 Å². The lowest BCUT2D eigenvalue weighted by Gasteiger charge is -2.12. The summed E-state index contributed by atoms with van der Waals surface area (Å²) in [6.07, 6.45) is 2.30. The van der Waals surface area contributed by atoms with Gasteiger partial charge in [0, 0.05) is 25.1 Å². The number of rotatable bonds is 7. The van der Waals surface area contributed by atoms with Crippen molar-refractivity contribution >= 4 is 29.1 Å². The number of anilines is 1. The first kappa shape index (κ1) is 21.0. The third-order valence-corrected chi connectivity index (χ3v) is 4.71. The Kier molecular flexibility index (Phi) is 7.36. The molecule has 3 rings (SSSR count). The molecule has 0 radical (unpaired) electrons. The van der Waals surface area contributed by atoms with E-state index in [9.17, 15) is 9.59 Å². The number of halogens is 1. The van der Waals surface area contributed by atoms with Crippen LogP contribution in [0.1, 0.15) is 37.3 Å². The summed E-state index contributed by atoms with van der Waals surface area (Å²) >= 11 is 6.28. The molecule has 2 N–H and O–H groups in total. The summed E-state index contributed by atoms with van der Waals surface area (Å²) in [4.78, 5) is 24.0. The Morgan fingerprint density at radius 3 is 2.55 bits per heavy atom. The van der Waals surface area contributed by atoms with Crippen LogP contribution in [-0.2, 0) is 22.6 Å². The number of ether oxygens (including phenoxy) is 2. The van der Waals surface area contributed by atoms with Gasteiger partial charge in [-0.3, -0.25) is 9.59 Å². The second-order valence-corrected chi connectivity index (χ2v) is 7.31. The van der Waals surface area contributed by atoms with Gasteiger partial charge < -0.3 is 20.1 Å². The molecule has 0 aromatic heterocycles. The van der Waals surface area contributed by atoms with Gasteiger partial charge in [-0.25, -0.2) is 0 Å². The average molecular weight is 417 g/mol. The first-order valence-corrected chi connectivity index (χ1v) is 10.2. The van der Waals surface area contributed by atoms with Gasteiger partial charge >= 0.3 is 0 Å². The largest absolute Gasteiger partial charge is 0.489 e. The van der Waals surface area contributed by atoms with Crippen molar-refractivity contribution in [3.63, 3.8) is 0 Å². The summed E-state index contributed by atoms with van der Waals surface area (Å²) in [7, 11) is 0. The van der Waals surface area contributed by atoms with Crippen LogP contribution in [0.3, 0.4) is 0 Å². The number of amides is 2. The summed E-state index contributed by atoms with van der Waals surface area (Å²) in [5.41, 5.74) is 2.47. The molecule has 7 heteroatoms. The van der Waals surface area contributed by atoms with Crippen molar-refractivity contribution in [2.45, 2.75) is 39.2 Å². The van der Waals surface area contributed by atoms with Gasteiger partial charge in [0.2, 0.25) is 11.8 Å². The zero-order chi connectivity index (χ0) is 20.6. The maximum atomic E-state index is 12.3. The van der Waals surface area contributed by atoms with E-state index >= 15 is 0 Å². The molecule has 1 aliphatic heterocycles. The van der Waals surface area contributed by atoms with Crippen LogP contribution >= 0.6 is 11.6 Å². The number of hydrogen-bond acceptors (Lipinski definition) is 4. The van der Waals surface area contributed by atoms with E-state index < -0.39 is 0 Å². The van der Waals surface area contributed by atoms with Crippen molar-refractivity contribution in [1.82, 2.24) is 5.32 Å². The zero-order valence-corrected chi connectivity index (χ0v) is 17.2. The van der Waals surface area contributed by atoms with Gasteiger partial charge in [0.05, 0.1) is 24.7 Å². The molecule has 0 saturated heterocycles. The molecule has 0 aliphatic carbocycles. The van der Waals surface area contributed by atoms with E-state index in [1.54, 1.807) is 12.1 Å². The molecule has 0 unspecified atom stereocenters. The Labute approximate surface area is 175 Å². The Morgan fingerprint density at radius 2 is 1.79 bits per heavy atom.